The molecule has 1 aliphatic rings. The van der Waals surface area contributed by atoms with E-state index in [0.29, 0.717) is 5.92 Å². The summed E-state index contributed by atoms with van der Waals surface area (Å²) >= 11 is 1.47. The molecule has 0 spiro atoms. The van der Waals surface area contributed by atoms with Gasteiger partial charge in [-0.1, -0.05) is 30.0 Å². The predicted molar refractivity (Wildman–Crippen MR) is 88.1 cm³/mol. The Kier molecular flexibility index (Phi) is 4.47. The quantitative estimate of drug-likeness (QED) is 0.831. The van der Waals surface area contributed by atoms with Gasteiger partial charge >= 0.3 is 0 Å². The van der Waals surface area contributed by atoms with E-state index < -0.39 is 0 Å². The molecular weight excluding hydrogens is 296 g/mol. The highest BCUT2D eigenvalue weighted by Gasteiger charge is 2.30. The second kappa shape index (κ2) is 6.52. The number of nitrogens with zero attached hydrogens (tertiary/aromatic N) is 3. The number of benzene rings is 1. The summed E-state index contributed by atoms with van der Waals surface area (Å²) in [6, 6.07) is 9.51. The lowest BCUT2D eigenvalue weighted by atomic mass is 10.3. The van der Waals surface area contributed by atoms with Crippen LogP contribution in [-0.4, -0.2) is 25.9 Å². The maximum absolute atomic E-state index is 12.3. The van der Waals surface area contributed by atoms with E-state index in [-0.39, 0.29) is 11.2 Å². The molecule has 0 saturated heterocycles. The van der Waals surface area contributed by atoms with E-state index >= 15 is 0 Å². The number of carbonyl (C=O) groups excluding carboxylic acids is 1. The van der Waals surface area contributed by atoms with Crippen molar-refractivity contribution in [2.24, 2.45) is 0 Å². The first kappa shape index (κ1) is 15.1. The maximum Gasteiger partial charge on any atom is 0.237 e. The molecule has 116 valence electrons. The number of thioether (sulfide) groups is 1. The zero-order chi connectivity index (χ0) is 15.5. The average Bonchev–Trinajstić information content (AvgIpc) is 3.29. The van der Waals surface area contributed by atoms with Crippen molar-refractivity contribution in [1.82, 2.24) is 14.8 Å². The van der Waals surface area contributed by atoms with Crippen LogP contribution in [-0.2, 0) is 11.3 Å². The van der Waals surface area contributed by atoms with Gasteiger partial charge in [-0.3, -0.25) is 4.79 Å². The number of hydrogen-bond donors (Lipinski definition) is 1. The summed E-state index contributed by atoms with van der Waals surface area (Å²) in [5, 5.41) is 12.1. The molecule has 2 aromatic rings. The molecule has 5 nitrogen and oxygen atoms in total. The zero-order valence-corrected chi connectivity index (χ0v) is 13.6. The Bertz CT molecular complexity index is 651. The molecule has 1 fully saturated rings. The van der Waals surface area contributed by atoms with Crippen LogP contribution < -0.4 is 5.32 Å². The molecule has 0 aliphatic heterocycles. The Balaban J connectivity index is 1.66. The number of carbonyl (C=O) groups is 1. The van der Waals surface area contributed by atoms with E-state index in [9.17, 15) is 4.79 Å². The van der Waals surface area contributed by atoms with Crippen molar-refractivity contribution in [3.05, 3.63) is 36.2 Å². The van der Waals surface area contributed by atoms with Crippen molar-refractivity contribution >= 4 is 23.4 Å². The first-order valence-corrected chi connectivity index (χ1v) is 8.52. The molecule has 1 N–H and O–H groups in total. The molecule has 0 unspecified atom stereocenters. The molecule has 0 radical (unpaired) electrons. The third kappa shape index (κ3) is 3.32. The van der Waals surface area contributed by atoms with Crippen LogP contribution in [0.5, 0.6) is 0 Å². The average molecular weight is 316 g/mol. The Morgan fingerprint density at radius 1 is 1.36 bits per heavy atom. The smallest absolute Gasteiger partial charge is 0.237 e. The van der Waals surface area contributed by atoms with E-state index in [2.05, 4.69) is 27.0 Å². The van der Waals surface area contributed by atoms with Gasteiger partial charge in [0.2, 0.25) is 5.91 Å². The lowest BCUT2D eigenvalue weighted by Crippen LogP contribution is -2.22. The van der Waals surface area contributed by atoms with Crippen molar-refractivity contribution in [1.29, 1.82) is 0 Å². The van der Waals surface area contributed by atoms with Gasteiger partial charge < -0.3 is 9.88 Å². The van der Waals surface area contributed by atoms with Crippen LogP contribution in [0.15, 0.2) is 35.5 Å². The summed E-state index contributed by atoms with van der Waals surface area (Å²) in [6.45, 7) is 4.83. The first-order valence-electron chi connectivity index (χ1n) is 7.64. The summed E-state index contributed by atoms with van der Waals surface area (Å²) in [7, 11) is 0. The van der Waals surface area contributed by atoms with E-state index in [4.69, 9.17) is 0 Å². The minimum Gasteiger partial charge on any atom is -0.325 e. The van der Waals surface area contributed by atoms with Crippen molar-refractivity contribution in [2.45, 2.75) is 49.6 Å². The molecule has 1 aromatic carbocycles. The van der Waals surface area contributed by atoms with Gasteiger partial charge in [0.05, 0.1) is 5.25 Å². The number of rotatable bonds is 6. The van der Waals surface area contributed by atoms with Gasteiger partial charge in [0.1, 0.15) is 5.82 Å². The highest BCUT2D eigenvalue weighted by molar-refractivity contribution is 8.00. The fourth-order valence-electron chi connectivity index (χ4n) is 2.30. The summed E-state index contributed by atoms with van der Waals surface area (Å²) in [6.07, 6.45) is 2.40. The molecule has 3 rings (SSSR count). The Hall–Kier alpha value is -1.82. The molecule has 1 atom stereocenters. The SMILES string of the molecule is CCn1c(S[C@@H](C)C(=O)Nc2ccccc2)nnc1C1CC1. The third-order valence-corrected chi connectivity index (χ3v) is 4.78. The van der Waals surface area contributed by atoms with Crippen LogP contribution in [0.1, 0.15) is 38.4 Å². The fraction of sp³-hybridized carbons (Fsp3) is 0.438. The van der Waals surface area contributed by atoms with Gasteiger partial charge in [-0.25, -0.2) is 0 Å². The van der Waals surface area contributed by atoms with Crippen molar-refractivity contribution in [2.75, 3.05) is 5.32 Å². The topological polar surface area (TPSA) is 59.8 Å². The number of anilines is 1. The summed E-state index contributed by atoms with van der Waals surface area (Å²) < 4.78 is 2.13. The Morgan fingerprint density at radius 2 is 2.09 bits per heavy atom. The predicted octanol–water partition coefficient (Wildman–Crippen LogP) is 3.29. The normalized spacial score (nSPS) is 15.5. The van der Waals surface area contributed by atoms with E-state index in [1.54, 1.807) is 0 Å². The molecule has 1 saturated carbocycles. The van der Waals surface area contributed by atoms with Gasteiger partial charge in [0, 0.05) is 18.2 Å². The molecule has 6 heteroatoms. The van der Waals surface area contributed by atoms with Crippen molar-refractivity contribution in [3.8, 4) is 0 Å². The largest absolute Gasteiger partial charge is 0.325 e. The molecular formula is C16H20N4OS. The highest BCUT2D eigenvalue weighted by atomic mass is 32.2. The lowest BCUT2D eigenvalue weighted by Gasteiger charge is -2.12. The third-order valence-electron chi connectivity index (χ3n) is 3.70. The second-order valence-electron chi connectivity index (χ2n) is 5.47. The van der Waals surface area contributed by atoms with Gasteiger partial charge in [0.15, 0.2) is 5.16 Å². The number of amides is 1. The highest BCUT2D eigenvalue weighted by Crippen LogP contribution is 2.40. The van der Waals surface area contributed by atoms with Crippen LogP contribution in [0.2, 0.25) is 0 Å². The number of hydrogen-bond acceptors (Lipinski definition) is 4. The van der Waals surface area contributed by atoms with Gasteiger partial charge in [-0.15, -0.1) is 10.2 Å². The monoisotopic (exact) mass is 316 g/mol. The Labute approximate surface area is 134 Å². The van der Waals surface area contributed by atoms with Gasteiger partial charge in [-0.05, 0) is 38.8 Å². The molecule has 1 aliphatic carbocycles. The second-order valence-corrected chi connectivity index (χ2v) is 6.78. The fourth-order valence-corrected chi connectivity index (χ4v) is 3.23. The summed E-state index contributed by atoms with van der Waals surface area (Å²) in [5.41, 5.74) is 0.815. The minimum atomic E-state index is -0.221. The van der Waals surface area contributed by atoms with Crippen LogP contribution in [0, 0.1) is 0 Å². The molecule has 0 bridgehead atoms. The minimum absolute atomic E-state index is 0.0187. The number of nitrogens with one attached hydrogen (secondary N) is 1. The lowest BCUT2D eigenvalue weighted by molar-refractivity contribution is -0.115. The van der Waals surface area contributed by atoms with Gasteiger partial charge in [0.25, 0.3) is 0 Å². The maximum atomic E-state index is 12.3. The Morgan fingerprint density at radius 3 is 2.73 bits per heavy atom. The molecule has 1 heterocycles. The molecule has 1 aromatic heterocycles. The van der Waals surface area contributed by atoms with Crippen LogP contribution in [0.25, 0.3) is 0 Å². The van der Waals surface area contributed by atoms with Crippen LogP contribution in [0.4, 0.5) is 5.69 Å². The van der Waals surface area contributed by atoms with E-state index in [1.165, 1.54) is 24.6 Å². The number of aromatic nitrogens is 3. The van der Waals surface area contributed by atoms with E-state index in [0.717, 1.165) is 23.2 Å². The summed E-state index contributed by atoms with van der Waals surface area (Å²) in [5.74, 6) is 1.62. The summed E-state index contributed by atoms with van der Waals surface area (Å²) in [4.78, 5) is 12.3. The standard InChI is InChI=1S/C16H20N4OS/c1-3-20-14(12-9-10-12)18-19-16(20)22-11(2)15(21)17-13-7-5-4-6-8-13/h4-8,11-12H,3,9-10H2,1-2H3,(H,17,21)/t11-/m0/s1. The van der Waals surface area contributed by atoms with Crippen molar-refractivity contribution < 1.29 is 4.79 Å². The van der Waals surface area contributed by atoms with Crippen molar-refractivity contribution in [3.63, 3.8) is 0 Å². The molecule has 22 heavy (non-hydrogen) atoms. The van der Waals surface area contributed by atoms with Crippen LogP contribution >= 0.6 is 11.8 Å². The van der Waals surface area contributed by atoms with Crippen LogP contribution in [0.3, 0.4) is 0 Å². The van der Waals surface area contributed by atoms with Gasteiger partial charge in [-0.2, -0.15) is 0 Å². The van der Waals surface area contributed by atoms with E-state index in [1.807, 2.05) is 37.3 Å². The first-order chi connectivity index (χ1) is 10.7. The number of para-hydroxylation sites is 1. The zero-order valence-electron chi connectivity index (χ0n) is 12.8. The molecule has 1 amide bonds.